The van der Waals surface area contributed by atoms with Crippen LogP contribution in [0.3, 0.4) is 0 Å². The first-order valence-electron chi connectivity index (χ1n) is 8.59. The molecular weight excluding hydrogens is 340 g/mol. The van der Waals surface area contributed by atoms with E-state index >= 15 is 0 Å². The molecule has 4 aromatic rings. The van der Waals surface area contributed by atoms with E-state index < -0.39 is 0 Å². The molecule has 0 saturated heterocycles. The monoisotopic (exact) mass is 358 g/mol. The molecule has 27 heavy (non-hydrogen) atoms. The second kappa shape index (κ2) is 6.95. The van der Waals surface area contributed by atoms with Gasteiger partial charge in [0.15, 0.2) is 5.65 Å². The molecule has 134 valence electrons. The molecule has 0 bridgehead atoms. The number of carbonyl (C=O) groups excluding carboxylic acids is 1. The summed E-state index contributed by atoms with van der Waals surface area (Å²) in [7, 11) is 1.61. The van der Waals surface area contributed by atoms with Gasteiger partial charge in [0.05, 0.1) is 29.7 Å². The van der Waals surface area contributed by atoms with Gasteiger partial charge in [-0.25, -0.2) is 9.50 Å². The zero-order chi connectivity index (χ0) is 18.8. The van der Waals surface area contributed by atoms with Gasteiger partial charge in [-0.1, -0.05) is 6.07 Å². The van der Waals surface area contributed by atoms with Gasteiger partial charge in [0.25, 0.3) is 0 Å². The number of carbonyl (C=O) groups is 1. The highest BCUT2D eigenvalue weighted by Gasteiger charge is 2.14. The lowest BCUT2D eigenvalue weighted by Gasteiger charge is -2.09. The van der Waals surface area contributed by atoms with Gasteiger partial charge in [0, 0.05) is 36.3 Å². The van der Waals surface area contributed by atoms with E-state index in [2.05, 4.69) is 20.4 Å². The van der Waals surface area contributed by atoms with Gasteiger partial charge >= 0.3 is 0 Å². The number of nitrogens with zero attached hydrogens (tertiary/aromatic N) is 5. The second-order valence-corrected chi connectivity index (χ2v) is 6.16. The minimum atomic E-state index is -0.0804. The number of rotatable bonds is 4. The summed E-state index contributed by atoms with van der Waals surface area (Å²) in [6.07, 6.45) is 5.49. The first kappa shape index (κ1) is 16.8. The lowest BCUT2D eigenvalue weighted by atomic mass is 10.1. The molecule has 0 spiro atoms. The van der Waals surface area contributed by atoms with E-state index in [-0.39, 0.29) is 12.3 Å². The minimum Gasteiger partial charge on any atom is -0.359 e. The maximum absolute atomic E-state index is 11.8. The van der Waals surface area contributed by atoms with Crippen molar-refractivity contribution in [2.24, 2.45) is 0 Å². The molecule has 4 heterocycles. The smallest absolute Gasteiger partial charge is 0.224 e. The fourth-order valence-corrected chi connectivity index (χ4v) is 2.94. The van der Waals surface area contributed by atoms with E-state index in [4.69, 9.17) is 4.98 Å². The number of fused-ring (bicyclic) bond motifs is 1. The molecule has 0 atom stereocenters. The van der Waals surface area contributed by atoms with Gasteiger partial charge in [-0.2, -0.15) is 5.10 Å². The van der Waals surface area contributed by atoms with Crippen LogP contribution >= 0.6 is 0 Å². The Balaban J connectivity index is 1.83. The summed E-state index contributed by atoms with van der Waals surface area (Å²) < 4.78 is 1.67. The maximum atomic E-state index is 11.8. The number of amides is 1. The van der Waals surface area contributed by atoms with Crippen molar-refractivity contribution in [2.75, 3.05) is 7.05 Å². The molecular formula is C20H18N6O. The first-order chi connectivity index (χ1) is 13.2. The fraction of sp³-hybridized carbons (Fsp3) is 0.150. The van der Waals surface area contributed by atoms with Crippen molar-refractivity contribution in [2.45, 2.75) is 13.3 Å². The second-order valence-electron chi connectivity index (χ2n) is 6.16. The van der Waals surface area contributed by atoms with Crippen molar-refractivity contribution >= 4 is 11.6 Å². The number of hydrogen-bond acceptors (Lipinski definition) is 5. The lowest BCUT2D eigenvalue weighted by molar-refractivity contribution is -0.119. The zero-order valence-corrected chi connectivity index (χ0v) is 15.0. The fourth-order valence-electron chi connectivity index (χ4n) is 2.94. The van der Waals surface area contributed by atoms with E-state index in [0.717, 1.165) is 33.9 Å². The number of nitrogens with one attached hydrogen (secondary N) is 1. The molecule has 0 aliphatic rings. The van der Waals surface area contributed by atoms with Crippen LogP contribution in [0.4, 0.5) is 0 Å². The molecule has 7 nitrogen and oxygen atoms in total. The third-order valence-electron chi connectivity index (χ3n) is 4.29. The molecule has 7 heteroatoms. The van der Waals surface area contributed by atoms with E-state index in [1.165, 1.54) is 0 Å². The summed E-state index contributed by atoms with van der Waals surface area (Å²) >= 11 is 0. The van der Waals surface area contributed by atoms with E-state index in [9.17, 15) is 4.79 Å². The van der Waals surface area contributed by atoms with Crippen molar-refractivity contribution in [3.05, 3.63) is 66.2 Å². The zero-order valence-electron chi connectivity index (χ0n) is 15.0. The Morgan fingerprint density at radius 2 is 2.00 bits per heavy atom. The summed E-state index contributed by atoms with van der Waals surface area (Å²) in [5.74, 6) is -0.0804. The maximum Gasteiger partial charge on any atom is 0.224 e. The Kier molecular flexibility index (Phi) is 4.33. The third kappa shape index (κ3) is 3.27. The predicted molar refractivity (Wildman–Crippen MR) is 102 cm³/mol. The third-order valence-corrected chi connectivity index (χ3v) is 4.29. The van der Waals surface area contributed by atoms with Crippen LogP contribution in [0.5, 0.6) is 0 Å². The predicted octanol–water partition coefficient (Wildman–Crippen LogP) is 2.45. The van der Waals surface area contributed by atoms with Crippen molar-refractivity contribution in [1.29, 1.82) is 0 Å². The first-order valence-corrected chi connectivity index (χ1v) is 8.59. The molecule has 0 aliphatic heterocycles. The highest BCUT2D eigenvalue weighted by Crippen LogP contribution is 2.28. The molecule has 4 rings (SSSR count). The van der Waals surface area contributed by atoms with Gasteiger partial charge < -0.3 is 5.32 Å². The van der Waals surface area contributed by atoms with Crippen molar-refractivity contribution in [3.8, 4) is 22.6 Å². The summed E-state index contributed by atoms with van der Waals surface area (Å²) in [4.78, 5) is 25.6. The van der Waals surface area contributed by atoms with Crippen LogP contribution in [-0.2, 0) is 11.2 Å². The summed E-state index contributed by atoms with van der Waals surface area (Å²) in [5, 5.41) is 6.91. The minimum absolute atomic E-state index is 0.0804. The topological polar surface area (TPSA) is 85.1 Å². The van der Waals surface area contributed by atoms with Crippen LogP contribution in [-0.4, -0.2) is 37.5 Å². The number of pyridine rings is 2. The molecule has 1 N–H and O–H groups in total. The van der Waals surface area contributed by atoms with Crippen molar-refractivity contribution in [3.63, 3.8) is 0 Å². The van der Waals surface area contributed by atoms with Crippen LogP contribution in [0.1, 0.15) is 11.3 Å². The Bertz CT molecular complexity index is 1130. The van der Waals surface area contributed by atoms with Gasteiger partial charge in [-0.3, -0.25) is 14.8 Å². The molecule has 0 unspecified atom stereocenters. The molecule has 0 fully saturated rings. The standard InChI is InChI=1S/C20H18N6O/c1-13-5-3-7-17(24-13)19-15(6-4-9-22-19)16-8-10-26-20(25-16)14(12-23-26)11-18(27)21-2/h3-10,12H,11H2,1-2H3,(H,21,27). The molecule has 0 saturated carbocycles. The Morgan fingerprint density at radius 1 is 1.11 bits per heavy atom. The van der Waals surface area contributed by atoms with Gasteiger partial charge in [0.1, 0.15) is 0 Å². The summed E-state index contributed by atoms with van der Waals surface area (Å²) in [6.45, 7) is 1.95. The summed E-state index contributed by atoms with van der Waals surface area (Å²) in [5.41, 5.74) is 5.56. The highest BCUT2D eigenvalue weighted by molar-refractivity contribution is 5.81. The van der Waals surface area contributed by atoms with Crippen LogP contribution in [0.15, 0.2) is 55.0 Å². The van der Waals surface area contributed by atoms with Crippen molar-refractivity contribution < 1.29 is 4.79 Å². The number of aromatic nitrogens is 5. The van der Waals surface area contributed by atoms with Gasteiger partial charge in [-0.15, -0.1) is 0 Å². The van der Waals surface area contributed by atoms with E-state index in [1.54, 1.807) is 24.0 Å². The number of aryl methyl sites for hydroxylation is 1. The lowest BCUT2D eigenvalue weighted by Crippen LogP contribution is -2.19. The molecule has 0 radical (unpaired) electrons. The average molecular weight is 358 g/mol. The Labute approximate surface area is 156 Å². The molecule has 1 amide bonds. The van der Waals surface area contributed by atoms with Gasteiger partial charge in [0.2, 0.25) is 5.91 Å². The summed E-state index contributed by atoms with van der Waals surface area (Å²) in [6, 6.07) is 11.6. The van der Waals surface area contributed by atoms with Crippen LogP contribution in [0.25, 0.3) is 28.3 Å². The molecule has 0 aliphatic carbocycles. The SMILES string of the molecule is CNC(=O)Cc1cnn2ccc(-c3cccnc3-c3cccc(C)n3)nc12. The van der Waals surface area contributed by atoms with Crippen LogP contribution in [0, 0.1) is 6.92 Å². The van der Waals surface area contributed by atoms with Crippen LogP contribution in [0.2, 0.25) is 0 Å². The van der Waals surface area contributed by atoms with E-state index in [0.29, 0.717) is 5.65 Å². The van der Waals surface area contributed by atoms with Crippen LogP contribution < -0.4 is 5.32 Å². The quantitative estimate of drug-likeness (QED) is 0.606. The molecule has 0 aromatic carbocycles. The van der Waals surface area contributed by atoms with Crippen molar-refractivity contribution in [1.82, 2.24) is 29.9 Å². The highest BCUT2D eigenvalue weighted by atomic mass is 16.1. The normalized spacial score (nSPS) is 10.9. The number of likely N-dealkylation sites (N-methyl/N-ethyl adjacent to an activating group) is 1. The molecule has 4 aromatic heterocycles. The average Bonchev–Trinajstić information content (AvgIpc) is 3.10. The Hall–Kier alpha value is -3.61. The Morgan fingerprint density at radius 3 is 2.81 bits per heavy atom. The number of hydrogen-bond donors (Lipinski definition) is 1. The van der Waals surface area contributed by atoms with E-state index in [1.807, 2.05) is 49.5 Å². The largest absolute Gasteiger partial charge is 0.359 e. The van der Waals surface area contributed by atoms with Gasteiger partial charge in [-0.05, 0) is 37.3 Å².